The highest BCUT2D eigenvalue weighted by atomic mass is 19.1. The number of hydrogen-bond acceptors (Lipinski definition) is 4. The van der Waals surface area contributed by atoms with Gasteiger partial charge in [0.2, 0.25) is 0 Å². The molecule has 0 aliphatic heterocycles. The molecule has 0 saturated heterocycles. The third kappa shape index (κ3) is 2.64. The van der Waals surface area contributed by atoms with Gasteiger partial charge in [0.25, 0.3) is 5.91 Å². The van der Waals surface area contributed by atoms with Crippen LogP contribution in [0.5, 0.6) is 11.5 Å². The Kier molecular flexibility index (Phi) is 3.74. The summed E-state index contributed by atoms with van der Waals surface area (Å²) in [6, 6.07) is 8.43. The topological polar surface area (TPSA) is 84.6 Å². The molecule has 5 nitrogen and oxygen atoms in total. The van der Waals surface area contributed by atoms with E-state index in [2.05, 4.69) is 5.32 Å². The number of carbonyl (C=O) groups excluding carboxylic acids is 1. The Morgan fingerprint density at radius 1 is 1.35 bits per heavy atom. The first-order valence-corrected chi connectivity index (χ1v) is 5.75. The highest BCUT2D eigenvalue weighted by molar-refractivity contribution is 6.06. The number of halogens is 1. The summed E-state index contributed by atoms with van der Waals surface area (Å²) in [5.74, 6) is -1.30. The van der Waals surface area contributed by atoms with Crippen molar-refractivity contribution in [2.24, 2.45) is 0 Å². The number of nitrogens with two attached hydrogens (primary N) is 1. The molecule has 6 heteroatoms. The molecule has 0 aromatic heterocycles. The van der Waals surface area contributed by atoms with E-state index in [9.17, 15) is 14.3 Å². The summed E-state index contributed by atoms with van der Waals surface area (Å²) < 4.78 is 18.2. The summed E-state index contributed by atoms with van der Waals surface area (Å²) in [6.45, 7) is 0. The molecule has 0 aliphatic rings. The second-order valence-corrected chi connectivity index (χ2v) is 4.05. The average molecular weight is 276 g/mol. The van der Waals surface area contributed by atoms with Gasteiger partial charge in [0, 0.05) is 5.69 Å². The van der Waals surface area contributed by atoms with Crippen molar-refractivity contribution >= 4 is 17.3 Å². The van der Waals surface area contributed by atoms with Crippen molar-refractivity contribution in [1.29, 1.82) is 0 Å². The molecule has 0 radical (unpaired) electrons. The van der Waals surface area contributed by atoms with Crippen LogP contribution in [0.1, 0.15) is 10.4 Å². The van der Waals surface area contributed by atoms with Gasteiger partial charge in [-0.15, -0.1) is 0 Å². The number of para-hydroxylation sites is 1. The molecule has 0 spiro atoms. The van der Waals surface area contributed by atoms with Crippen LogP contribution in [0.4, 0.5) is 15.8 Å². The van der Waals surface area contributed by atoms with E-state index in [1.54, 1.807) is 6.07 Å². The lowest BCUT2D eigenvalue weighted by atomic mass is 10.1. The number of phenols is 1. The fraction of sp³-hybridized carbons (Fsp3) is 0.0714. The zero-order valence-electron chi connectivity index (χ0n) is 10.7. The average Bonchev–Trinajstić information content (AvgIpc) is 2.43. The van der Waals surface area contributed by atoms with Gasteiger partial charge in [-0.2, -0.15) is 0 Å². The van der Waals surface area contributed by atoms with Crippen LogP contribution in [0, 0.1) is 5.82 Å². The zero-order chi connectivity index (χ0) is 14.7. The minimum atomic E-state index is -0.627. The molecular formula is C14H13FN2O3. The molecule has 0 fully saturated rings. The second kappa shape index (κ2) is 5.48. The lowest BCUT2D eigenvalue weighted by Crippen LogP contribution is -2.12. The third-order valence-electron chi connectivity index (χ3n) is 2.72. The summed E-state index contributed by atoms with van der Waals surface area (Å²) in [6.07, 6.45) is 0. The number of phenolic OH excluding ortho intramolecular Hbond substituents is 1. The molecule has 2 rings (SSSR count). The number of methoxy groups -OCH3 is 1. The van der Waals surface area contributed by atoms with Gasteiger partial charge in [-0.25, -0.2) is 4.39 Å². The number of nitrogen functional groups attached to an aromatic ring is 1. The second-order valence-electron chi connectivity index (χ2n) is 4.05. The van der Waals surface area contributed by atoms with Gasteiger partial charge in [-0.1, -0.05) is 6.07 Å². The molecule has 0 heterocycles. The Balaban J connectivity index is 2.26. The maximum absolute atomic E-state index is 13.3. The van der Waals surface area contributed by atoms with Gasteiger partial charge >= 0.3 is 0 Å². The summed E-state index contributed by atoms with van der Waals surface area (Å²) in [7, 11) is 1.38. The number of hydrogen-bond donors (Lipinski definition) is 3. The number of rotatable bonds is 3. The first kappa shape index (κ1) is 13.7. The predicted octanol–water partition coefficient (Wildman–Crippen LogP) is 2.37. The molecule has 2 aromatic rings. The highest BCUT2D eigenvalue weighted by Crippen LogP contribution is 2.30. The van der Waals surface area contributed by atoms with Crippen molar-refractivity contribution in [3.05, 3.63) is 47.8 Å². The van der Waals surface area contributed by atoms with E-state index in [0.29, 0.717) is 0 Å². The first-order valence-electron chi connectivity index (χ1n) is 5.75. The summed E-state index contributed by atoms with van der Waals surface area (Å²) in [4.78, 5) is 12.0. The molecule has 104 valence electrons. The fourth-order valence-corrected chi connectivity index (χ4v) is 1.67. The largest absolute Gasteiger partial charge is 0.504 e. The quantitative estimate of drug-likeness (QED) is 0.751. The molecule has 0 bridgehead atoms. The van der Waals surface area contributed by atoms with E-state index in [4.69, 9.17) is 10.5 Å². The Bertz CT molecular complexity index is 659. The summed E-state index contributed by atoms with van der Waals surface area (Å²) in [5, 5.41) is 12.3. The SMILES string of the molecule is COc1cccc(C(=O)Nc2ccc(N)c(F)c2)c1O. The van der Waals surface area contributed by atoms with Crippen molar-refractivity contribution in [2.45, 2.75) is 0 Å². The number of benzene rings is 2. The van der Waals surface area contributed by atoms with E-state index >= 15 is 0 Å². The van der Waals surface area contributed by atoms with E-state index < -0.39 is 11.7 Å². The van der Waals surface area contributed by atoms with Crippen molar-refractivity contribution in [3.8, 4) is 11.5 Å². The zero-order valence-corrected chi connectivity index (χ0v) is 10.7. The number of amides is 1. The Morgan fingerprint density at radius 2 is 2.10 bits per heavy atom. The normalized spacial score (nSPS) is 10.1. The van der Waals surface area contributed by atoms with Crippen molar-refractivity contribution in [2.75, 3.05) is 18.2 Å². The molecule has 1 amide bonds. The van der Waals surface area contributed by atoms with Crippen molar-refractivity contribution in [3.63, 3.8) is 0 Å². The monoisotopic (exact) mass is 276 g/mol. The van der Waals surface area contributed by atoms with Gasteiger partial charge in [0.05, 0.1) is 18.4 Å². The van der Waals surface area contributed by atoms with Crippen LogP contribution in [0.2, 0.25) is 0 Å². The molecule has 0 atom stereocenters. The fourth-order valence-electron chi connectivity index (χ4n) is 1.67. The van der Waals surface area contributed by atoms with Crippen LogP contribution in [-0.2, 0) is 0 Å². The van der Waals surface area contributed by atoms with Crippen LogP contribution in [0.3, 0.4) is 0 Å². The predicted molar refractivity (Wildman–Crippen MR) is 73.4 cm³/mol. The van der Waals surface area contributed by atoms with E-state index in [0.717, 1.165) is 6.07 Å². The molecule has 0 unspecified atom stereocenters. The van der Waals surface area contributed by atoms with Gasteiger partial charge in [0.1, 0.15) is 5.82 Å². The van der Waals surface area contributed by atoms with E-state index in [-0.39, 0.29) is 28.4 Å². The van der Waals surface area contributed by atoms with Crippen LogP contribution in [0.25, 0.3) is 0 Å². The third-order valence-corrected chi connectivity index (χ3v) is 2.72. The van der Waals surface area contributed by atoms with E-state index in [1.807, 2.05) is 0 Å². The Labute approximate surface area is 114 Å². The number of aromatic hydroxyl groups is 1. The first-order chi connectivity index (χ1) is 9.52. The molecule has 0 saturated carbocycles. The van der Waals surface area contributed by atoms with Crippen LogP contribution in [-0.4, -0.2) is 18.1 Å². The lowest BCUT2D eigenvalue weighted by Gasteiger charge is -2.10. The maximum Gasteiger partial charge on any atom is 0.259 e. The number of nitrogens with one attached hydrogen (secondary N) is 1. The van der Waals surface area contributed by atoms with Crippen molar-refractivity contribution < 1.29 is 19.0 Å². The standard InChI is InChI=1S/C14H13FN2O3/c1-20-12-4-2-3-9(13(12)18)14(19)17-8-5-6-11(16)10(15)7-8/h2-7,18H,16H2,1H3,(H,17,19). The minimum Gasteiger partial charge on any atom is -0.504 e. The molecule has 4 N–H and O–H groups in total. The number of ether oxygens (including phenoxy) is 1. The van der Waals surface area contributed by atoms with Crippen LogP contribution >= 0.6 is 0 Å². The Morgan fingerprint density at radius 3 is 2.75 bits per heavy atom. The lowest BCUT2D eigenvalue weighted by molar-refractivity contribution is 0.102. The van der Waals surface area contributed by atoms with Crippen molar-refractivity contribution in [1.82, 2.24) is 0 Å². The Hall–Kier alpha value is -2.76. The molecular weight excluding hydrogens is 263 g/mol. The highest BCUT2D eigenvalue weighted by Gasteiger charge is 2.15. The summed E-state index contributed by atoms with van der Waals surface area (Å²) in [5.41, 5.74) is 5.61. The smallest absolute Gasteiger partial charge is 0.259 e. The van der Waals surface area contributed by atoms with Crippen LogP contribution in [0.15, 0.2) is 36.4 Å². The van der Waals surface area contributed by atoms with Gasteiger partial charge in [-0.05, 0) is 30.3 Å². The van der Waals surface area contributed by atoms with Gasteiger partial charge in [0.15, 0.2) is 11.5 Å². The van der Waals surface area contributed by atoms with Crippen LogP contribution < -0.4 is 15.8 Å². The molecule has 0 aliphatic carbocycles. The number of carbonyl (C=O) groups is 1. The number of anilines is 2. The van der Waals surface area contributed by atoms with Gasteiger partial charge < -0.3 is 20.9 Å². The molecule has 20 heavy (non-hydrogen) atoms. The maximum atomic E-state index is 13.3. The van der Waals surface area contributed by atoms with E-state index in [1.165, 1.54) is 31.4 Å². The minimum absolute atomic E-state index is 0.00720. The summed E-state index contributed by atoms with van der Waals surface area (Å²) >= 11 is 0. The molecule has 2 aromatic carbocycles. The van der Waals surface area contributed by atoms with Gasteiger partial charge in [-0.3, -0.25) is 4.79 Å².